The molecule has 0 unspecified atom stereocenters. The van der Waals surface area contributed by atoms with E-state index in [1.807, 2.05) is 14.1 Å². The van der Waals surface area contributed by atoms with E-state index in [1.54, 1.807) is 0 Å². The van der Waals surface area contributed by atoms with E-state index in [0.717, 1.165) is 4.90 Å². The smallest absolute Gasteiger partial charge is 0.138 e. The monoisotopic (exact) mass is 92.1 g/mol. The van der Waals surface area contributed by atoms with Gasteiger partial charge < -0.3 is 4.90 Å². The minimum atomic E-state index is -0.206. The topological polar surface area (TPSA) is 4.44 Å². The second-order valence-electron chi connectivity index (χ2n) is 1.65. The highest BCUT2D eigenvalue weighted by Gasteiger charge is 1.85. The van der Waals surface area contributed by atoms with Crippen LogP contribution in [-0.4, -0.2) is 27.3 Å². The third-order valence-corrected chi connectivity index (χ3v) is 0.594. The first-order valence-electron chi connectivity index (χ1n) is 2.12. The number of alkyl halides is 1. The molecule has 0 aliphatic heterocycles. The molecule has 0 saturated heterocycles. The quantitative estimate of drug-likeness (QED) is 0.450. The van der Waals surface area contributed by atoms with Crippen molar-refractivity contribution >= 4 is 0 Å². The summed E-state index contributed by atoms with van der Waals surface area (Å²) in [5, 5.41) is 0. The summed E-state index contributed by atoms with van der Waals surface area (Å²) in [5.41, 5.74) is 0. The molecule has 0 radical (unpaired) electrons. The van der Waals surface area contributed by atoms with E-state index < -0.39 is 0 Å². The van der Waals surface area contributed by atoms with Gasteiger partial charge in [-0.15, -0.1) is 0 Å². The maximum Gasteiger partial charge on any atom is 0.138 e. The number of nitrogens with one attached hydrogen (secondary N) is 1. The van der Waals surface area contributed by atoms with Crippen LogP contribution in [0.5, 0.6) is 0 Å². The fraction of sp³-hybridized carbons (Fsp3) is 1.00. The molecule has 1 nitrogen and oxygen atoms in total. The minimum absolute atomic E-state index is 0.206. The molecule has 0 aliphatic rings. The summed E-state index contributed by atoms with van der Waals surface area (Å²) < 4.78 is 11.2. The number of hydrogen-bond donors (Lipinski definition) is 1. The molecule has 2 heteroatoms. The van der Waals surface area contributed by atoms with Gasteiger partial charge in [0.05, 0.1) is 14.1 Å². The molecule has 6 heavy (non-hydrogen) atoms. The molecule has 0 saturated carbocycles. The Morgan fingerprint density at radius 2 is 2.00 bits per heavy atom. The number of rotatable bonds is 2. The zero-order valence-electron chi connectivity index (χ0n) is 4.29. The average molecular weight is 92.1 g/mol. The van der Waals surface area contributed by atoms with Gasteiger partial charge in [0.25, 0.3) is 0 Å². The van der Waals surface area contributed by atoms with Crippen LogP contribution in [0.15, 0.2) is 0 Å². The van der Waals surface area contributed by atoms with Crippen LogP contribution in [0, 0.1) is 0 Å². The van der Waals surface area contributed by atoms with Crippen molar-refractivity contribution in [2.24, 2.45) is 0 Å². The van der Waals surface area contributed by atoms with Gasteiger partial charge in [-0.25, -0.2) is 4.39 Å². The zero-order chi connectivity index (χ0) is 4.99. The van der Waals surface area contributed by atoms with Gasteiger partial charge in [-0.3, -0.25) is 0 Å². The van der Waals surface area contributed by atoms with Gasteiger partial charge in [-0.1, -0.05) is 0 Å². The summed E-state index contributed by atoms with van der Waals surface area (Å²) in [6, 6.07) is 0. The molecule has 0 amide bonds. The summed E-state index contributed by atoms with van der Waals surface area (Å²) in [6.07, 6.45) is 0. The maximum atomic E-state index is 11.2. The third-order valence-electron chi connectivity index (χ3n) is 0.594. The Kier molecular flexibility index (Phi) is 3.04. The van der Waals surface area contributed by atoms with Crippen molar-refractivity contribution in [3.05, 3.63) is 0 Å². The molecule has 0 fully saturated rings. The number of hydrogen-bond acceptors (Lipinski definition) is 0. The lowest BCUT2D eigenvalue weighted by molar-refractivity contribution is -0.858. The molecule has 0 heterocycles. The SMILES string of the molecule is C[NH+](C)CCF. The van der Waals surface area contributed by atoms with Crippen LogP contribution in [0.3, 0.4) is 0 Å². The van der Waals surface area contributed by atoms with Crippen molar-refractivity contribution in [3.63, 3.8) is 0 Å². The highest BCUT2D eigenvalue weighted by Crippen LogP contribution is 1.51. The van der Waals surface area contributed by atoms with Crippen LogP contribution in [0.1, 0.15) is 0 Å². The van der Waals surface area contributed by atoms with Crippen molar-refractivity contribution in [3.8, 4) is 0 Å². The van der Waals surface area contributed by atoms with E-state index in [1.165, 1.54) is 0 Å². The van der Waals surface area contributed by atoms with E-state index in [4.69, 9.17) is 0 Å². The van der Waals surface area contributed by atoms with Gasteiger partial charge in [0.1, 0.15) is 13.2 Å². The highest BCUT2D eigenvalue weighted by atomic mass is 19.1. The fourth-order valence-electron chi connectivity index (χ4n) is 0.189. The molecule has 0 spiro atoms. The molecule has 0 bridgehead atoms. The van der Waals surface area contributed by atoms with E-state index in [-0.39, 0.29) is 6.67 Å². The lowest BCUT2D eigenvalue weighted by Gasteiger charge is -1.99. The van der Waals surface area contributed by atoms with Crippen LogP contribution in [0.25, 0.3) is 0 Å². The predicted octanol–water partition coefficient (Wildman–Crippen LogP) is -0.900. The predicted molar refractivity (Wildman–Crippen MR) is 23.7 cm³/mol. The Morgan fingerprint density at radius 1 is 1.50 bits per heavy atom. The Balaban J connectivity index is 2.63. The minimum Gasteiger partial charge on any atom is -0.338 e. The molecule has 0 aromatic rings. The Morgan fingerprint density at radius 3 is 2.00 bits per heavy atom. The van der Waals surface area contributed by atoms with Crippen LogP contribution in [-0.2, 0) is 0 Å². The van der Waals surface area contributed by atoms with E-state index in [2.05, 4.69) is 0 Å². The van der Waals surface area contributed by atoms with Crippen LogP contribution < -0.4 is 4.90 Å². The first-order chi connectivity index (χ1) is 2.77. The third kappa shape index (κ3) is 3.89. The first kappa shape index (κ1) is 5.89. The summed E-state index contributed by atoms with van der Waals surface area (Å²) in [4.78, 5) is 1.16. The van der Waals surface area contributed by atoms with E-state index >= 15 is 0 Å². The van der Waals surface area contributed by atoms with E-state index in [0.29, 0.717) is 6.54 Å². The van der Waals surface area contributed by atoms with Gasteiger partial charge in [0, 0.05) is 0 Å². The Bertz CT molecular complexity index is 28.7. The summed E-state index contributed by atoms with van der Waals surface area (Å²) >= 11 is 0. The first-order valence-corrected chi connectivity index (χ1v) is 2.12. The van der Waals surface area contributed by atoms with Gasteiger partial charge >= 0.3 is 0 Å². The molecule has 0 rings (SSSR count). The Labute approximate surface area is 37.8 Å². The molecule has 0 atom stereocenters. The normalized spacial score (nSPS) is 10.0. The number of halogens is 1. The standard InChI is InChI=1S/C4H10FN/c1-6(2)4-3-5/h3-4H2,1-2H3/p+1. The van der Waals surface area contributed by atoms with Crippen molar-refractivity contribution in [1.29, 1.82) is 0 Å². The second-order valence-corrected chi connectivity index (χ2v) is 1.65. The zero-order valence-corrected chi connectivity index (χ0v) is 4.29. The summed E-state index contributed by atoms with van der Waals surface area (Å²) in [6.45, 7) is 0.419. The van der Waals surface area contributed by atoms with Crippen LogP contribution in [0.4, 0.5) is 4.39 Å². The molecule has 0 aromatic carbocycles. The van der Waals surface area contributed by atoms with Crippen molar-refractivity contribution < 1.29 is 9.29 Å². The number of quaternary nitrogens is 1. The van der Waals surface area contributed by atoms with E-state index in [9.17, 15) is 4.39 Å². The van der Waals surface area contributed by atoms with Crippen LogP contribution in [0.2, 0.25) is 0 Å². The largest absolute Gasteiger partial charge is 0.338 e. The average Bonchev–Trinajstić information content (AvgIpc) is 1.35. The van der Waals surface area contributed by atoms with Crippen molar-refractivity contribution in [2.75, 3.05) is 27.3 Å². The van der Waals surface area contributed by atoms with Gasteiger partial charge in [0.15, 0.2) is 0 Å². The Hall–Kier alpha value is -0.110. The van der Waals surface area contributed by atoms with Crippen molar-refractivity contribution in [1.82, 2.24) is 0 Å². The molecule has 38 valence electrons. The lowest BCUT2D eigenvalue weighted by atomic mass is 10.7. The maximum absolute atomic E-state index is 11.2. The van der Waals surface area contributed by atoms with Gasteiger partial charge in [-0.2, -0.15) is 0 Å². The summed E-state index contributed by atoms with van der Waals surface area (Å²) in [5.74, 6) is 0. The second kappa shape index (κ2) is 3.09. The molecule has 0 aliphatic carbocycles. The molecule has 0 aromatic heterocycles. The van der Waals surface area contributed by atoms with Gasteiger partial charge in [-0.05, 0) is 0 Å². The lowest BCUT2D eigenvalue weighted by Crippen LogP contribution is -3.06. The van der Waals surface area contributed by atoms with Crippen LogP contribution >= 0.6 is 0 Å². The molecule has 1 N–H and O–H groups in total. The fourth-order valence-corrected chi connectivity index (χ4v) is 0.189. The highest BCUT2D eigenvalue weighted by molar-refractivity contribution is 4.11. The van der Waals surface area contributed by atoms with Gasteiger partial charge in [0.2, 0.25) is 0 Å². The molecular weight excluding hydrogens is 81.0 g/mol. The van der Waals surface area contributed by atoms with Crippen molar-refractivity contribution in [2.45, 2.75) is 0 Å². The molecular formula is C4H11FN+. The summed E-state index contributed by atoms with van der Waals surface area (Å²) in [7, 11) is 3.86.